The number of nitrogens with one attached hydrogen (secondary N) is 1. The van der Waals surface area contributed by atoms with Crippen molar-refractivity contribution in [3.8, 4) is 0 Å². The van der Waals surface area contributed by atoms with Crippen molar-refractivity contribution in [3.63, 3.8) is 0 Å². The van der Waals surface area contributed by atoms with E-state index in [0.717, 1.165) is 25.8 Å². The van der Waals surface area contributed by atoms with Crippen LogP contribution >= 0.6 is 0 Å². The van der Waals surface area contributed by atoms with Crippen molar-refractivity contribution in [2.24, 2.45) is 5.41 Å². The molecule has 1 fully saturated rings. The van der Waals surface area contributed by atoms with Gasteiger partial charge in [0.15, 0.2) is 0 Å². The van der Waals surface area contributed by atoms with E-state index in [0.29, 0.717) is 0 Å². The van der Waals surface area contributed by atoms with Crippen molar-refractivity contribution in [2.45, 2.75) is 51.7 Å². The molecule has 2 unspecified atom stereocenters. The van der Waals surface area contributed by atoms with Crippen LogP contribution in [-0.2, 0) is 0 Å². The zero-order chi connectivity index (χ0) is 10.6. The van der Waals surface area contributed by atoms with E-state index in [4.69, 9.17) is 5.11 Å². The lowest BCUT2D eigenvalue weighted by Crippen LogP contribution is -2.46. The summed E-state index contributed by atoms with van der Waals surface area (Å²) in [5.41, 5.74) is -0.0861. The molecule has 0 aromatic carbocycles. The van der Waals surface area contributed by atoms with Crippen molar-refractivity contribution in [1.29, 1.82) is 0 Å². The van der Waals surface area contributed by atoms with E-state index in [1.807, 2.05) is 13.8 Å². The molecular weight excluding hydrogens is 178 g/mol. The van der Waals surface area contributed by atoms with Crippen molar-refractivity contribution < 1.29 is 10.2 Å². The third kappa shape index (κ3) is 3.56. The molecule has 0 aromatic heterocycles. The van der Waals surface area contributed by atoms with Crippen LogP contribution in [0.15, 0.2) is 0 Å². The lowest BCUT2D eigenvalue weighted by Gasteiger charge is -2.32. The Morgan fingerprint density at radius 3 is 2.50 bits per heavy atom. The van der Waals surface area contributed by atoms with Crippen LogP contribution in [0.5, 0.6) is 0 Å². The van der Waals surface area contributed by atoms with Crippen molar-refractivity contribution in [3.05, 3.63) is 0 Å². The number of rotatable bonds is 4. The second-order valence-corrected chi connectivity index (χ2v) is 5.16. The van der Waals surface area contributed by atoms with Gasteiger partial charge in [0.1, 0.15) is 0 Å². The Balaban J connectivity index is 2.29. The first-order chi connectivity index (χ1) is 6.55. The zero-order valence-corrected chi connectivity index (χ0v) is 9.29. The first-order valence-corrected chi connectivity index (χ1v) is 5.57. The highest BCUT2D eigenvalue weighted by atomic mass is 16.3. The molecule has 0 aliphatic heterocycles. The molecule has 3 N–H and O–H groups in total. The van der Waals surface area contributed by atoms with E-state index in [9.17, 15) is 5.11 Å². The summed E-state index contributed by atoms with van der Waals surface area (Å²) in [4.78, 5) is 0. The summed E-state index contributed by atoms with van der Waals surface area (Å²) in [6.07, 6.45) is 4.12. The van der Waals surface area contributed by atoms with Crippen LogP contribution in [0.25, 0.3) is 0 Å². The molecule has 0 bridgehead atoms. The monoisotopic (exact) mass is 201 g/mol. The van der Waals surface area contributed by atoms with Crippen LogP contribution in [0.2, 0.25) is 0 Å². The van der Waals surface area contributed by atoms with E-state index in [1.54, 1.807) is 0 Å². The van der Waals surface area contributed by atoms with E-state index in [-0.39, 0.29) is 24.2 Å². The van der Waals surface area contributed by atoms with Gasteiger partial charge in [-0.2, -0.15) is 0 Å². The molecule has 0 radical (unpaired) electrons. The van der Waals surface area contributed by atoms with Gasteiger partial charge in [-0.3, -0.25) is 0 Å². The van der Waals surface area contributed by atoms with Gasteiger partial charge in [0.2, 0.25) is 0 Å². The van der Waals surface area contributed by atoms with E-state index >= 15 is 0 Å². The van der Waals surface area contributed by atoms with E-state index < -0.39 is 0 Å². The van der Waals surface area contributed by atoms with Crippen molar-refractivity contribution in [2.75, 3.05) is 13.2 Å². The predicted molar refractivity (Wildman–Crippen MR) is 57.1 cm³/mol. The minimum Gasteiger partial charge on any atom is -0.396 e. The minimum absolute atomic E-state index is 0.0861. The van der Waals surface area contributed by atoms with Gasteiger partial charge < -0.3 is 15.5 Å². The van der Waals surface area contributed by atoms with Gasteiger partial charge in [0, 0.05) is 24.6 Å². The largest absolute Gasteiger partial charge is 0.396 e. The summed E-state index contributed by atoms with van der Waals surface area (Å²) in [6.45, 7) is 5.00. The summed E-state index contributed by atoms with van der Waals surface area (Å²) in [6, 6.07) is 0.231. The molecule has 0 saturated heterocycles. The number of hydrogen-bond donors (Lipinski definition) is 3. The SMILES string of the molecule is CC(C)(CO)CNC1CCCCC1O. The Labute approximate surface area is 86.5 Å². The predicted octanol–water partition coefficient (Wildman–Crippen LogP) is 0.898. The van der Waals surface area contributed by atoms with Crippen molar-refractivity contribution >= 4 is 0 Å². The maximum absolute atomic E-state index is 9.71. The molecule has 1 aliphatic carbocycles. The lowest BCUT2D eigenvalue weighted by atomic mass is 9.90. The van der Waals surface area contributed by atoms with Crippen LogP contribution in [0.1, 0.15) is 39.5 Å². The van der Waals surface area contributed by atoms with Gasteiger partial charge in [-0.1, -0.05) is 26.7 Å². The molecular formula is C11H23NO2. The Hall–Kier alpha value is -0.120. The molecule has 0 spiro atoms. The number of aliphatic hydroxyl groups excluding tert-OH is 2. The summed E-state index contributed by atoms with van der Waals surface area (Å²) < 4.78 is 0. The van der Waals surface area contributed by atoms with Gasteiger partial charge in [0.25, 0.3) is 0 Å². The van der Waals surface area contributed by atoms with E-state index in [1.165, 1.54) is 6.42 Å². The second-order valence-electron chi connectivity index (χ2n) is 5.16. The molecule has 0 heterocycles. The highest BCUT2D eigenvalue weighted by molar-refractivity contribution is 4.82. The first kappa shape index (κ1) is 12.0. The molecule has 1 rings (SSSR count). The maximum Gasteiger partial charge on any atom is 0.0693 e. The Morgan fingerprint density at radius 1 is 1.29 bits per heavy atom. The minimum atomic E-state index is -0.196. The molecule has 1 saturated carbocycles. The quantitative estimate of drug-likeness (QED) is 0.633. The number of aliphatic hydroxyl groups is 2. The Morgan fingerprint density at radius 2 is 1.93 bits per heavy atom. The molecule has 2 atom stereocenters. The van der Waals surface area contributed by atoms with Gasteiger partial charge in [-0.05, 0) is 12.8 Å². The van der Waals surface area contributed by atoms with Gasteiger partial charge in [-0.15, -0.1) is 0 Å². The average molecular weight is 201 g/mol. The summed E-state index contributed by atoms with van der Waals surface area (Å²) >= 11 is 0. The summed E-state index contributed by atoms with van der Waals surface area (Å²) in [5.74, 6) is 0. The average Bonchev–Trinajstić information content (AvgIpc) is 2.17. The third-order valence-electron chi connectivity index (χ3n) is 3.00. The summed E-state index contributed by atoms with van der Waals surface area (Å²) in [7, 11) is 0. The summed E-state index contributed by atoms with van der Waals surface area (Å²) in [5, 5.41) is 22.2. The normalized spacial score (nSPS) is 29.1. The fourth-order valence-electron chi connectivity index (χ4n) is 1.81. The molecule has 0 aromatic rings. The maximum atomic E-state index is 9.71. The first-order valence-electron chi connectivity index (χ1n) is 5.57. The zero-order valence-electron chi connectivity index (χ0n) is 9.29. The van der Waals surface area contributed by atoms with Gasteiger partial charge in [0.05, 0.1) is 6.10 Å². The third-order valence-corrected chi connectivity index (χ3v) is 3.00. The van der Waals surface area contributed by atoms with Crippen molar-refractivity contribution in [1.82, 2.24) is 5.32 Å². The van der Waals surface area contributed by atoms with Crippen LogP contribution in [0.3, 0.4) is 0 Å². The smallest absolute Gasteiger partial charge is 0.0693 e. The van der Waals surface area contributed by atoms with Crippen LogP contribution in [0, 0.1) is 5.41 Å². The molecule has 0 amide bonds. The Bertz CT molecular complexity index is 171. The van der Waals surface area contributed by atoms with Gasteiger partial charge in [-0.25, -0.2) is 0 Å². The topological polar surface area (TPSA) is 52.5 Å². The molecule has 3 heteroatoms. The molecule has 84 valence electrons. The molecule has 14 heavy (non-hydrogen) atoms. The lowest BCUT2D eigenvalue weighted by molar-refractivity contribution is 0.0776. The van der Waals surface area contributed by atoms with Gasteiger partial charge >= 0.3 is 0 Å². The highest BCUT2D eigenvalue weighted by Gasteiger charge is 2.25. The fraction of sp³-hybridized carbons (Fsp3) is 1.00. The molecule has 3 nitrogen and oxygen atoms in total. The standard InChI is InChI=1S/C11H23NO2/c1-11(2,8-13)7-12-9-5-3-4-6-10(9)14/h9-10,12-14H,3-8H2,1-2H3. The highest BCUT2D eigenvalue weighted by Crippen LogP contribution is 2.20. The van der Waals surface area contributed by atoms with Crippen LogP contribution < -0.4 is 5.32 Å². The van der Waals surface area contributed by atoms with Crippen LogP contribution in [-0.4, -0.2) is 35.5 Å². The second kappa shape index (κ2) is 5.10. The Kier molecular flexibility index (Phi) is 4.35. The fourth-order valence-corrected chi connectivity index (χ4v) is 1.81. The molecule has 1 aliphatic rings. The van der Waals surface area contributed by atoms with Crippen LogP contribution in [0.4, 0.5) is 0 Å². The number of hydrogen-bond acceptors (Lipinski definition) is 3. The van der Waals surface area contributed by atoms with E-state index in [2.05, 4.69) is 5.32 Å².